The Hall–Kier alpha value is -1.39. The molecule has 3 atom stereocenters. The second kappa shape index (κ2) is 6.16. The molecule has 4 heteroatoms. The minimum Gasteiger partial charge on any atom is -0.460 e. The number of hydrogen-bond donors (Lipinski definition) is 0. The third kappa shape index (κ3) is 3.63. The van der Waals surface area contributed by atoms with Crippen LogP contribution in [0, 0.1) is 0 Å². The summed E-state index contributed by atoms with van der Waals surface area (Å²) >= 11 is 0. The molecule has 0 N–H and O–H groups in total. The number of hydrogen-bond acceptors (Lipinski definition) is 4. The fourth-order valence-corrected chi connectivity index (χ4v) is 3.07. The van der Waals surface area contributed by atoms with Crippen LogP contribution in [0.4, 0.5) is 0 Å². The van der Waals surface area contributed by atoms with Crippen molar-refractivity contribution in [2.24, 2.45) is 0 Å². The van der Waals surface area contributed by atoms with Gasteiger partial charge in [-0.3, -0.25) is 4.79 Å². The summed E-state index contributed by atoms with van der Waals surface area (Å²) in [5.41, 5.74) is 0.898. The second-order valence-electron chi connectivity index (χ2n) is 6.19. The molecule has 0 radical (unpaired) electrons. The summed E-state index contributed by atoms with van der Waals surface area (Å²) in [4.78, 5) is 11.2. The number of benzene rings is 1. The third-order valence-corrected chi connectivity index (χ3v) is 4.24. The van der Waals surface area contributed by atoms with E-state index in [1.165, 1.54) is 5.56 Å². The Morgan fingerprint density at radius 3 is 2.76 bits per heavy atom. The molecule has 2 aliphatic rings. The zero-order valence-electron chi connectivity index (χ0n) is 12.4. The first-order valence-corrected chi connectivity index (χ1v) is 7.64. The van der Waals surface area contributed by atoms with Crippen molar-refractivity contribution in [1.82, 2.24) is 0 Å². The van der Waals surface area contributed by atoms with Gasteiger partial charge in [-0.15, -0.1) is 0 Å². The normalized spacial score (nSPS) is 32.3. The van der Waals surface area contributed by atoms with Gasteiger partial charge >= 0.3 is 5.97 Å². The lowest BCUT2D eigenvalue weighted by molar-refractivity contribution is -0.152. The molecule has 1 aromatic carbocycles. The van der Waals surface area contributed by atoms with Crippen LogP contribution in [0.5, 0.6) is 0 Å². The summed E-state index contributed by atoms with van der Waals surface area (Å²) in [6, 6.07) is 10.1. The highest BCUT2D eigenvalue weighted by Gasteiger charge is 2.42. The molecular formula is C17H22O4. The van der Waals surface area contributed by atoms with Crippen molar-refractivity contribution >= 4 is 5.97 Å². The van der Waals surface area contributed by atoms with Gasteiger partial charge in [-0.25, -0.2) is 0 Å². The van der Waals surface area contributed by atoms with Crippen LogP contribution in [0.15, 0.2) is 30.3 Å². The zero-order chi connectivity index (χ0) is 14.7. The van der Waals surface area contributed by atoms with Gasteiger partial charge in [-0.2, -0.15) is 0 Å². The van der Waals surface area contributed by atoms with E-state index in [9.17, 15) is 4.79 Å². The SMILES string of the molecule is C[C@]1(COCc2ccccc2)CC[C@H]([C@H]2CCC(=O)O2)O1. The predicted molar refractivity (Wildman–Crippen MR) is 77.7 cm³/mol. The van der Waals surface area contributed by atoms with Gasteiger partial charge in [-0.05, 0) is 31.7 Å². The molecule has 2 saturated heterocycles. The van der Waals surface area contributed by atoms with E-state index in [4.69, 9.17) is 14.2 Å². The number of rotatable bonds is 5. The van der Waals surface area contributed by atoms with Crippen LogP contribution in [0.2, 0.25) is 0 Å². The smallest absolute Gasteiger partial charge is 0.306 e. The Morgan fingerprint density at radius 2 is 2.05 bits per heavy atom. The maximum absolute atomic E-state index is 11.2. The Labute approximate surface area is 125 Å². The van der Waals surface area contributed by atoms with Crippen LogP contribution in [0.3, 0.4) is 0 Å². The summed E-state index contributed by atoms with van der Waals surface area (Å²) in [5, 5.41) is 0. The molecule has 0 unspecified atom stereocenters. The molecule has 2 fully saturated rings. The van der Waals surface area contributed by atoms with Gasteiger partial charge in [0.25, 0.3) is 0 Å². The van der Waals surface area contributed by atoms with Crippen molar-refractivity contribution in [2.75, 3.05) is 6.61 Å². The largest absolute Gasteiger partial charge is 0.460 e. The molecule has 21 heavy (non-hydrogen) atoms. The van der Waals surface area contributed by atoms with Crippen molar-refractivity contribution in [3.05, 3.63) is 35.9 Å². The van der Waals surface area contributed by atoms with Gasteiger partial charge in [0.1, 0.15) is 6.10 Å². The fraction of sp³-hybridized carbons (Fsp3) is 0.588. The molecule has 0 amide bonds. The molecule has 3 rings (SSSR count). The maximum atomic E-state index is 11.2. The fourth-order valence-electron chi connectivity index (χ4n) is 3.07. The quantitative estimate of drug-likeness (QED) is 0.782. The molecule has 0 bridgehead atoms. The maximum Gasteiger partial charge on any atom is 0.306 e. The highest BCUT2D eigenvalue weighted by Crippen LogP contribution is 2.35. The molecular weight excluding hydrogens is 268 g/mol. The molecule has 4 nitrogen and oxygen atoms in total. The summed E-state index contributed by atoms with van der Waals surface area (Å²) in [6.07, 6.45) is 3.15. The standard InChI is InChI=1S/C17H22O4/c1-17(12-19-11-13-5-3-2-4-6-13)10-9-15(21-17)14-7-8-16(18)20-14/h2-6,14-15H,7-12H2,1H3/t14-,15-,17-/m1/s1. The zero-order valence-corrected chi connectivity index (χ0v) is 12.4. The minimum absolute atomic E-state index is 0.0294. The van der Waals surface area contributed by atoms with Crippen LogP contribution < -0.4 is 0 Å². The highest BCUT2D eigenvalue weighted by atomic mass is 16.6. The summed E-state index contributed by atoms with van der Waals surface area (Å²) < 4.78 is 17.2. The molecule has 114 valence electrons. The molecule has 2 aliphatic heterocycles. The summed E-state index contributed by atoms with van der Waals surface area (Å²) in [6.45, 7) is 3.25. The lowest BCUT2D eigenvalue weighted by Gasteiger charge is -2.26. The molecule has 0 aromatic heterocycles. The van der Waals surface area contributed by atoms with Gasteiger partial charge in [0, 0.05) is 6.42 Å². The Morgan fingerprint density at radius 1 is 1.24 bits per heavy atom. The molecule has 0 spiro atoms. The first-order chi connectivity index (χ1) is 10.1. The van der Waals surface area contributed by atoms with Crippen molar-refractivity contribution in [3.63, 3.8) is 0 Å². The van der Waals surface area contributed by atoms with Crippen molar-refractivity contribution < 1.29 is 19.0 Å². The van der Waals surface area contributed by atoms with E-state index in [1.807, 2.05) is 18.2 Å². The Bertz CT molecular complexity index is 487. The second-order valence-corrected chi connectivity index (χ2v) is 6.19. The van der Waals surface area contributed by atoms with Gasteiger partial charge < -0.3 is 14.2 Å². The van der Waals surface area contributed by atoms with Gasteiger partial charge in [0.2, 0.25) is 0 Å². The number of carbonyl (C=O) groups excluding carboxylic acids is 1. The van der Waals surface area contributed by atoms with Crippen LogP contribution in [0.25, 0.3) is 0 Å². The minimum atomic E-state index is -0.269. The lowest BCUT2D eigenvalue weighted by atomic mass is 10.0. The van der Waals surface area contributed by atoms with E-state index in [2.05, 4.69) is 19.1 Å². The van der Waals surface area contributed by atoms with E-state index in [0.29, 0.717) is 19.6 Å². The summed E-state index contributed by atoms with van der Waals surface area (Å²) in [5.74, 6) is -0.0995. The van der Waals surface area contributed by atoms with Crippen LogP contribution >= 0.6 is 0 Å². The lowest BCUT2D eigenvalue weighted by Crippen LogP contribution is -2.34. The van der Waals surface area contributed by atoms with Crippen LogP contribution in [-0.2, 0) is 25.6 Å². The number of esters is 1. The van der Waals surface area contributed by atoms with E-state index >= 15 is 0 Å². The van der Waals surface area contributed by atoms with Crippen LogP contribution in [-0.4, -0.2) is 30.4 Å². The average Bonchev–Trinajstić information content (AvgIpc) is 3.07. The Kier molecular flexibility index (Phi) is 4.27. The molecule has 2 heterocycles. The first-order valence-electron chi connectivity index (χ1n) is 7.64. The summed E-state index contributed by atoms with van der Waals surface area (Å²) in [7, 11) is 0. The molecule has 0 saturated carbocycles. The topological polar surface area (TPSA) is 44.8 Å². The monoisotopic (exact) mass is 290 g/mol. The van der Waals surface area contributed by atoms with Gasteiger partial charge in [-0.1, -0.05) is 30.3 Å². The molecule has 0 aliphatic carbocycles. The number of cyclic esters (lactones) is 1. The predicted octanol–water partition coefficient (Wildman–Crippen LogP) is 2.85. The van der Waals surface area contributed by atoms with Crippen molar-refractivity contribution in [1.29, 1.82) is 0 Å². The van der Waals surface area contributed by atoms with Crippen LogP contribution in [0.1, 0.15) is 38.2 Å². The first kappa shape index (κ1) is 14.5. The van der Waals surface area contributed by atoms with E-state index in [0.717, 1.165) is 19.3 Å². The third-order valence-electron chi connectivity index (χ3n) is 4.24. The average molecular weight is 290 g/mol. The highest BCUT2D eigenvalue weighted by molar-refractivity contribution is 5.71. The van der Waals surface area contributed by atoms with E-state index < -0.39 is 0 Å². The van der Waals surface area contributed by atoms with E-state index in [-0.39, 0.29) is 23.8 Å². The van der Waals surface area contributed by atoms with Gasteiger partial charge in [0.15, 0.2) is 0 Å². The van der Waals surface area contributed by atoms with E-state index in [1.54, 1.807) is 0 Å². The van der Waals surface area contributed by atoms with Crippen molar-refractivity contribution in [3.8, 4) is 0 Å². The number of carbonyl (C=O) groups is 1. The molecule has 1 aromatic rings. The van der Waals surface area contributed by atoms with Crippen molar-refractivity contribution in [2.45, 2.75) is 57.0 Å². The van der Waals surface area contributed by atoms with Gasteiger partial charge in [0.05, 0.1) is 24.9 Å². The number of ether oxygens (including phenoxy) is 3. The Balaban J connectivity index is 1.46.